The van der Waals surface area contributed by atoms with E-state index in [0.717, 1.165) is 31.3 Å². The highest BCUT2D eigenvalue weighted by Crippen LogP contribution is 2.29. The molecule has 0 spiro atoms. The number of allylic oxidation sites excluding steroid dienone is 1. The molecule has 0 heterocycles. The molecule has 0 bridgehead atoms. The molecule has 1 unspecified atom stereocenters. The first-order chi connectivity index (χ1) is 7.43. The number of aliphatic carboxylic acids is 1. The van der Waals surface area contributed by atoms with Crippen LogP contribution in [0.5, 0.6) is 0 Å². The summed E-state index contributed by atoms with van der Waals surface area (Å²) in [5.74, 6) is -0.106. The van der Waals surface area contributed by atoms with Gasteiger partial charge in [-0.15, -0.1) is 0 Å². The molecule has 0 aromatic carbocycles. The molecule has 0 aliphatic rings. The van der Waals surface area contributed by atoms with Crippen molar-refractivity contribution >= 4 is 5.97 Å². The van der Waals surface area contributed by atoms with Crippen LogP contribution in [0.3, 0.4) is 0 Å². The predicted octanol–water partition coefficient (Wildman–Crippen LogP) is 2.93. The zero-order chi connectivity index (χ0) is 12.7. The lowest BCUT2D eigenvalue weighted by Crippen LogP contribution is -2.26. The van der Waals surface area contributed by atoms with Crippen LogP contribution in [0.2, 0.25) is 0 Å². The van der Waals surface area contributed by atoms with Gasteiger partial charge in [-0.3, -0.25) is 0 Å². The Morgan fingerprint density at radius 1 is 1.25 bits per heavy atom. The highest BCUT2D eigenvalue weighted by molar-refractivity contribution is 5.85. The summed E-state index contributed by atoms with van der Waals surface area (Å²) in [5.41, 5.74) is 1.55. The van der Waals surface area contributed by atoms with Gasteiger partial charge in [0.25, 0.3) is 0 Å². The largest absolute Gasteiger partial charge is 0.545 e. The summed E-state index contributed by atoms with van der Waals surface area (Å²) in [4.78, 5) is 11.0. The third kappa shape index (κ3) is 4.82. The molecule has 0 radical (unpaired) electrons. The molecule has 0 aromatic rings. The number of carboxylic acid groups (broad SMARTS) is 1. The van der Waals surface area contributed by atoms with Gasteiger partial charge in [-0.2, -0.15) is 0 Å². The summed E-state index contributed by atoms with van der Waals surface area (Å²) in [6.45, 7) is 10.2. The number of carboxylic acids is 1. The standard InChI is InChI=1S/C14H26O2/c1-6-8-12(7-2)13(9-10(3)4)11(5)14(15)16/h10,12H,6-9H2,1-5H3,(H,15,16)/p-1/b13-11+. The fraction of sp³-hybridized carbons (Fsp3) is 0.786. The minimum Gasteiger partial charge on any atom is -0.545 e. The molecule has 2 nitrogen and oxygen atoms in total. The smallest absolute Gasteiger partial charge is 0.0671 e. The van der Waals surface area contributed by atoms with Gasteiger partial charge in [-0.05, 0) is 43.6 Å². The minimum absolute atomic E-state index is 0.408. The topological polar surface area (TPSA) is 40.1 Å². The van der Waals surface area contributed by atoms with Crippen molar-refractivity contribution in [3.63, 3.8) is 0 Å². The first kappa shape index (κ1) is 15.2. The Balaban J connectivity index is 5.04. The normalized spacial score (nSPS) is 14.9. The van der Waals surface area contributed by atoms with Gasteiger partial charge in [0, 0.05) is 0 Å². The monoisotopic (exact) mass is 225 g/mol. The molecule has 0 saturated heterocycles. The van der Waals surface area contributed by atoms with E-state index in [1.807, 2.05) is 0 Å². The Labute approximate surface area is 99.7 Å². The first-order valence-corrected chi connectivity index (χ1v) is 6.34. The number of carbonyl (C=O) groups is 1. The average molecular weight is 225 g/mol. The van der Waals surface area contributed by atoms with Crippen molar-refractivity contribution in [1.82, 2.24) is 0 Å². The van der Waals surface area contributed by atoms with Crippen LogP contribution in [0.25, 0.3) is 0 Å². The van der Waals surface area contributed by atoms with Crippen LogP contribution in [0.1, 0.15) is 60.3 Å². The van der Waals surface area contributed by atoms with Crippen LogP contribution >= 0.6 is 0 Å². The number of hydrogen-bond donors (Lipinski definition) is 0. The van der Waals surface area contributed by atoms with Gasteiger partial charge in [-0.25, -0.2) is 0 Å². The van der Waals surface area contributed by atoms with Crippen LogP contribution in [0.4, 0.5) is 0 Å². The highest BCUT2D eigenvalue weighted by Gasteiger charge is 2.16. The fourth-order valence-corrected chi connectivity index (χ4v) is 2.17. The minimum atomic E-state index is -1.01. The molecule has 16 heavy (non-hydrogen) atoms. The number of hydrogen-bond acceptors (Lipinski definition) is 2. The molecule has 0 aromatic heterocycles. The fourth-order valence-electron chi connectivity index (χ4n) is 2.17. The summed E-state index contributed by atoms with van der Waals surface area (Å²) in [6.07, 6.45) is 4.06. The molecule has 0 saturated carbocycles. The zero-order valence-corrected chi connectivity index (χ0v) is 11.3. The van der Waals surface area contributed by atoms with Crippen LogP contribution in [0.15, 0.2) is 11.1 Å². The van der Waals surface area contributed by atoms with E-state index in [-0.39, 0.29) is 0 Å². The van der Waals surface area contributed by atoms with Crippen LogP contribution in [-0.2, 0) is 4.79 Å². The van der Waals surface area contributed by atoms with Crippen LogP contribution in [0, 0.1) is 11.8 Å². The van der Waals surface area contributed by atoms with Crippen LogP contribution < -0.4 is 5.11 Å². The molecule has 0 amide bonds. The van der Waals surface area contributed by atoms with Gasteiger partial charge in [0.2, 0.25) is 0 Å². The molecular formula is C14H25O2-. The third-order valence-electron chi connectivity index (χ3n) is 3.04. The van der Waals surface area contributed by atoms with Gasteiger partial charge >= 0.3 is 0 Å². The molecule has 0 aliphatic carbocycles. The van der Waals surface area contributed by atoms with Gasteiger partial charge in [0.1, 0.15) is 0 Å². The van der Waals surface area contributed by atoms with E-state index in [9.17, 15) is 9.90 Å². The first-order valence-electron chi connectivity index (χ1n) is 6.34. The lowest BCUT2D eigenvalue weighted by atomic mass is 9.84. The number of carbonyl (C=O) groups excluding carboxylic acids is 1. The second kappa shape index (κ2) is 7.48. The second-order valence-electron chi connectivity index (χ2n) is 4.93. The Hall–Kier alpha value is -0.790. The van der Waals surface area contributed by atoms with Crippen molar-refractivity contribution < 1.29 is 9.90 Å². The van der Waals surface area contributed by atoms with E-state index in [1.165, 1.54) is 0 Å². The van der Waals surface area contributed by atoms with Crippen molar-refractivity contribution in [2.24, 2.45) is 11.8 Å². The van der Waals surface area contributed by atoms with Crippen molar-refractivity contribution in [2.75, 3.05) is 0 Å². The Kier molecular flexibility index (Phi) is 7.11. The van der Waals surface area contributed by atoms with Gasteiger partial charge in [-0.1, -0.05) is 39.7 Å². The summed E-state index contributed by atoms with van der Waals surface area (Å²) < 4.78 is 0. The third-order valence-corrected chi connectivity index (χ3v) is 3.04. The Bertz CT molecular complexity index is 251. The maximum atomic E-state index is 11.0. The number of rotatable bonds is 7. The Morgan fingerprint density at radius 2 is 1.81 bits per heavy atom. The van der Waals surface area contributed by atoms with E-state index >= 15 is 0 Å². The van der Waals surface area contributed by atoms with Crippen molar-refractivity contribution in [1.29, 1.82) is 0 Å². The lowest BCUT2D eigenvalue weighted by Gasteiger charge is -2.23. The molecular weight excluding hydrogens is 200 g/mol. The van der Waals surface area contributed by atoms with Crippen molar-refractivity contribution in [2.45, 2.75) is 60.3 Å². The average Bonchev–Trinajstić information content (AvgIpc) is 2.21. The molecule has 0 fully saturated rings. The van der Waals surface area contributed by atoms with Gasteiger partial charge in [0.05, 0.1) is 5.97 Å². The summed E-state index contributed by atoms with van der Waals surface area (Å²) >= 11 is 0. The van der Waals surface area contributed by atoms with Gasteiger partial charge in [0.15, 0.2) is 0 Å². The van der Waals surface area contributed by atoms with E-state index in [1.54, 1.807) is 6.92 Å². The summed E-state index contributed by atoms with van der Waals surface area (Å²) in [6, 6.07) is 0. The Morgan fingerprint density at radius 3 is 2.12 bits per heavy atom. The van der Waals surface area contributed by atoms with E-state index in [2.05, 4.69) is 27.7 Å². The van der Waals surface area contributed by atoms with Crippen LogP contribution in [-0.4, -0.2) is 5.97 Å². The van der Waals surface area contributed by atoms with E-state index in [0.29, 0.717) is 17.4 Å². The molecule has 1 atom stereocenters. The second-order valence-corrected chi connectivity index (χ2v) is 4.93. The van der Waals surface area contributed by atoms with Crippen molar-refractivity contribution in [3.05, 3.63) is 11.1 Å². The van der Waals surface area contributed by atoms with Crippen molar-refractivity contribution in [3.8, 4) is 0 Å². The maximum absolute atomic E-state index is 11.0. The molecule has 94 valence electrons. The zero-order valence-electron chi connectivity index (χ0n) is 11.3. The van der Waals surface area contributed by atoms with E-state index < -0.39 is 5.97 Å². The van der Waals surface area contributed by atoms with Gasteiger partial charge < -0.3 is 9.90 Å². The lowest BCUT2D eigenvalue weighted by molar-refractivity contribution is -0.299. The molecule has 0 aliphatic heterocycles. The highest BCUT2D eigenvalue weighted by atomic mass is 16.4. The molecule has 2 heteroatoms. The SMILES string of the molecule is CCCC(CC)/C(CC(C)C)=C(\C)C(=O)[O-]. The summed E-state index contributed by atoms with van der Waals surface area (Å²) in [5, 5.41) is 11.0. The predicted molar refractivity (Wildman–Crippen MR) is 65.9 cm³/mol. The van der Waals surface area contributed by atoms with E-state index in [4.69, 9.17) is 0 Å². The molecule has 0 N–H and O–H groups in total. The summed E-state index contributed by atoms with van der Waals surface area (Å²) in [7, 11) is 0. The quantitative estimate of drug-likeness (QED) is 0.625. The maximum Gasteiger partial charge on any atom is 0.0671 e. The molecule has 0 rings (SSSR count).